The van der Waals surface area contributed by atoms with Crippen LogP contribution in [0.4, 0.5) is 0 Å². The molecule has 1 fully saturated rings. The van der Waals surface area contributed by atoms with Crippen molar-refractivity contribution >= 4 is 0 Å². The van der Waals surface area contributed by atoms with Gasteiger partial charge in [-0.3, -0.25) is 0 Å². The van der Waals surface area contributed by atoms with E-state index in [9.17, 15) is 5.11 Å². The summed E-state index contributed by atoms with van der Waals surface area (Å²) in [6, 6.07) is 0. The number of aliphatic hydroxyl groups is 1. The molecule has 4 atom stereocenters. The molecule has 1 heteroatoms. The molecule has 16 heavy (non-hydrogen) atoms. The number of rotatable bonds is 1. The summed E-state index contributed by atoms with van der Waals surface area (Å²) in [5.41, 5.74) is 2.93. The molecule has 90 valence electrons. The van der Waals surface area contributed by atoms with Gasteiger partial charge in [0.15, 0.2) is 0 Å². The van der Waals surface area contributed by atoms with Crippen LogP contribution in [-0.4, -0.2) is 11.2 Å². The largest absolute Gasteiger partial charge is 0.388 e. The Morgan fingerprint density at radius 2 is 2.25 bits per heavy atom. The first kappa shape index (κ1) is 11.9. The van der Waals surface area contributed by atoms with E-state index >= 15 is 0 Å². The number of fused-ring (bicyclic) bond motifs is 1. The summed E-state index contributed by atoms with van der Waals surface area (Å²) in [7, 11) is 0. The van der Waals surface area contributed by atoms with Gasteiger partial charge >= 0.3 is 0 Å². The second-order valence-electron chi connectivity index (χ2n) is 6.05. The third kappa shape index (κ3) is 1.75. The third-order valence-electron chi connectivity index (χ3n) is 4.97. The molecule has 0 radical (unpaired) electrons. The summed E-state index contributed by atoms with van der Waals surface area (Å²) in [5.74, 6) is 0.996. The summed E-state index contributed by atoms with van der Waals surface area (Å²) in [5, 5.41) is 10.1. The van der Waals surface area contributed by atoms with Gasteiger partial charge in [-0.05, 0) is 43.9 Å². The standard InChI is InChI=1S/C15H24O/c1-10(2)13-9-15(4)11(3)6-5-7-12(15)8-14(13)16/h8,11,13-14,16H,1,5-7,9H2,2-4H3/t11-,13-,14-,15+/m0/s1. The maximum atomic E-state index is 10.1. The Kier molecular flexibility index (Phi) is 3.00. The average Bonchev–Trinajstić information content (AvgIpc) is 2.20. The van der Waals surface area contributed by atoms with Gasteiger partial charge in [-0.25, -0.2) is 0 Å². The van der Waals surface area contributed by atoms with Gasteiger partial charge in [0.05, 0.1) is 6.10 Å². The molecule has 0 bridgehead atoms. The molecule has 2 aliphatic carbocycles. The highest BCUT2D eigenvalue weighted by Gasteiger charge is 2.43. The van der Waals surface area contributed by atoms with Crippen molar-refractivity contribution in [1.82, 2.24) is 0 Å². The highest BCUT2D eigenvalue weighted by molar-refractivity contribution is 5.26. The minimum Gasteiger partial charge on any atom is -0.388 e. The van der Waals surface area contributed by atoms with E-state index in [4.69, 9.17) is 0 Å². The van der Waals surface area contributed by atoms with Gasteiger partial charge in [0.2, 0.25) is 0 Å². The van der Waals surface area contributed by atoms with Crippen molar-refractivity contribution in [2.45, 2.75) is 52.6 Å². The fraction of sp³-hybridized carbons (Fsp3) is 0.733. The van der Waals surface area contributed by atoms with Crippen LogP contribution >= 0.6 is 0 Å². The number of hydrogen-bond acceptors (Lipinski definition) is 1. The van der Waals surface area contributed by atoms with Crippen LogP contribution in [0.5, 0.6) is 0 Å². The summed E-state index contributed by atoms with van der Waals surface area (Å²) < 4.78 is 0. The third-order valence-corrected chi connectivity index (χ3v) is 4.97. The minimum absolute atomic E-state index is 0.259. The Labute approximate surface area is 99.3 Å². The highest BCUT2D eigenvalue weighted by Crippen LogP contribution is 2.52. The Balaban J connectivity index is 2.34. The maximum Gasteiger partial charge on any atom is 0.0789 e. The molecule has 0 spiro atoms. The molecule has 0 unspecified atom stereocenters. The molecule has 1 nitrogen and oxygen atoms in total. The van der Waals surface area contributed by atoms with Gasteiger partial charge in [0, 0.05) is 5.92 Å². The summed E-state index contributed by atoms with van der Waals surface area (Å²) in [6.07, 6.45) is 6.70. The first-order valence-corrected chi connectivity index (χ1v) is 6.50. The van der Waals surface area contributed by atoms with Gasteiger partial charge in [-0.15, -0.1) is 0 Å². The predicted octanol–water partition coefficient (Wildman–Crippen LogP) is 3.70. The topological polar surface area (TPSA) is 20.2 Å². The lowest BCUT2D eigenvalue weighted by molar-refractivity contribution is 0.0793. The zero-order valence-corrected chi connectivity index (χ0v) is 10.8. The number of aliphatic hydroxyl groups excluding tert-OH is 1. The quantitative estimate of drug-likeness (QED) is 0.668. The van der Waals surface area contributed by atoms with E-state index in [1.165, 1.54) is 24.8 Å². The molecule has 1 saturated carbocycles. The SMILES string of the molecule is C=C(C)[C@@H]1C[C@@]2(C)C(=C[C@@H]1O)CCC[C@@H]2C. The molecule has 1 N–H and O–H groups in total. The second-order valence-corrected chi connectivity index (χ2v) is 6.05. The van der Waals surface area contributed by atoms with Crippen molar-refractivity contribution < 1.29 is 5.11 Å². The molecular formula is C15H24O. The van der Waals surface area contributed by atoms with Crippen LogP contribution in [0, 0.1) is 17.3 Å². The number of allylic oxidation sites excluding steroid dienone is 1. The Bertz CT molecular complexity index is 328. The molecule has 0 aromatic carbocycles. The van der Waals surface area contributed by atoms with E-state index < -0.39 is 0 Å². The second kappa shape index (κ2) is 4.03. The molecule has 0 saturated heterocycles. The van der Waals surface area contributed by atoms with Gasteiger partial charge in [0.25, 0.3) is 0 Å². The Hall–Kier alpha value is -0.560. The smallest absolute Gasteiger partial charge is 0.0789 e. The van der Waals surface area contributed by atoms with Gasteiger partial charge < -0.3 is 5.11 Å². The summed E-state index contributed by atoms with van der Waals surface area (Å²) >= 11 is 0. The summed E-state index contributed by atoms with van der Waals surface area (Å²) in [6.45, 7) is 10.8. The van der Waals surface area contributed by atoms with E-state index in [1.807, 2.05) is 6.92 Å². The van der Waals surface area contributed by atoms with Crippen LogP contribution in [0.15, 0.2) is 23.8 Å². The summed E-state index contributed by atoms with van der Waals surface area (Å²) in [4.78, 5) is 0. The number of hydrogen-bond donors (Lipinski definition) is 1. The normalized spacial score (nSPS) is 43.5. The fourth-order valence-corrected chi connectivity index (χ4v) is 3.49. The molecule has 0 aromatic heterocycles. The van der Waals surface area contributed by atoms with Crippen molar-refractivity contribution in [3.8, 4) is 0 Å². The molecule has 0 heterocycles. The Morgan fingerprint density at radius 3 is 2.88 bits per heavy atom. The van der Waals surface area contributed by atoms with Gasteiger partial charge in [0.1, 0.15) is 0 Å². The lowest BCUT2D eigenvalue weighted by Crippen LogP contribution is -2.40. The zero-order valence-electron chi connectivity index (χ0n) is 10.8. The van der Waals surface area contributed by atoms with Gasteiger partial charge in [-0.2, -0.15) is 0 Å². The van der Waals surface area contributed by atoms with Crippen molar-refractivity contribution in [1.29, 1.82) is 0 Å². The van der Waals surface area contributed by atoms with E-state index in [-0.39, 0.29) is 12.0 Å². The molecule has 0 aliphatic heterocycles. The van der Waals surface area contributed by atoms with Crippen LogP contribution in [0.3, 0.4) is 0 Å². The van der Waals surface area contributed by atoms with Crippen LogP contribution in [0.25, 0.3) is 0 Å². The monoisotopic (exact) mass is 220 g/mol. The van der Waals surface area contributed by atoms with Crippen LogP contribution in [0.2, 0.25) is 0 Å². The van der Waals surface area contributed by atoms with Crippen molar-refractivity contribution in [3.05, 3.63) is 23.8 Å². The van der Waals surface area contributed by atoms with E-state index in [0.29, 0.717) is 5.41 Å². The predicted molar refractivity (Wildman–Crippen MR) is 68.1 cm³/mol. The molecule has 2 aliphatic rings. The Morgan fingerprint density at radius 1 is 1.56 bits per heavy atom. The fourth-order valence-electron chi connectivity index (χ4n) is 3.49. The highest BCUT2D eigenvalue weighted by atomic mass is 16.3. The molecule has 0 aromatic rings. The zero-order chi connectivity index (χ0) is 11.9. The van der Waals surface area contributed by atoms with Crippen molar-refractivity contribution in [2.75, 3.05) is 0 Å². The first-order chi connectivity index (χ1) is 7.45. The first-order valence-electron chi connectivity index (χ1n) is 6.50. The van der Waals surface area contributed by atoms with Crippen LogP contribution < -0.4 is 0 Å². The van der Waals surface area contributed by atoms with Crippen molar-refractivity contribution in [2.24, 2.45) is 17.3 Å². The van der Waals surface area contributed by atoms with Crippen molar-refractivity contribution in [3.63, 3.8) is 0 Å². The lowest BCUT2D eigenvalue weighted by atomic mass is 9.57. The van der Waals surface area contributed by atoms with E-state index in [0.717, 1.165) is 17.9 Å². The maximum absolute atomic E-state index is 10.1. The lowest BCUT2D eigenvalue weighted by Gasteiger charge is -2.48. The van der Waals surface area contributed by atoms with Crippen LogP contribution in [0.1, 0.15) is 46.5 Å². The molecule has 2 rings (SSSR count). The molecule has 0 amide bonds. The van der Waals surface area contributed by atoms with E-state index in [1.54, 1.807) is 0 Å². The molecular weight excluding hydrogens is 196 g/mol. The van der Waals surface area contributed by atoms with Crippen LogP contribution in [-0.2, 0) is 0 Å². The minimum atomic E-state index is -0.300. The van der Waals surface area contributed by atoms with Gasteiger partial charge in [-0.1, -0.05) is 37.6 Å². The van der Waals surface area contributed by atoms with E-state index in [2.05, 4.69) is 26.5 Å². The average molecular weight is 220 g/mol.